The summed E-state index contributed by atoms with van der Waals surface area (Å²) in [7, 11) is 4.24. The Hall–Kier alpha value is -1.01. The van der Waals surface area contributed by atoms with E-state index in [0.29, 0.717) is 18.6 Å². The molecule has 21 heavy (non-hydrogen) atoms. The van der Waals surface area contributed by atoms with Crippen LogP contribution in [-0.4, -0.2) is 73.9 Å². The standard InChI is InChI=1S/C16H25N3O2/c1-18(2)7-8-19-9-16(14-11-20-12-15(14)19)21-10-13-5-3-4-6-17-13/h3-6,14-16H,7-12H2,1-2H3/t14-,15+,16-/m1/s1. The summed E-state index contributed by atoms with van der Waals surface area (Å²) in [5, 5.41) is 0. The van der Waals surface area contributed by atoms with E-state index in [9.17, 15) is 0 Å². The van der Waals surface area contributed by atoms with E-state index in [-0.39, 0.29) is 6.10 Å². The van der Waals surface area contributed by atoms with Crippen LogP contribution in [-0.2, 0) is 16.1 Å². The molecule has 2 aliphatic rings. The van der Waals surface area contributed by atoms with Crippen LogP contribution < -0.4 is 0 Å². The zero-order valence-electron chi connectivity index (χ0n) is 12.9. The molecular formula is C16H25N3O2. The zero-order valence-corrected chi connectivity index (χ0v) is 12.9. The summed E-state index contributed by atoms with van der Waals surface area (Å²) in [5.41, 5.74) is 1.000. The molecule has 2 fully saturated rings. The van der Waals surface area contributed by atoms with Gasteiger partial charge in [-0.3, -0.25) is 9.88 Å². The van der Waals surface area contributed by atoms with Gasteiger partial charge >= 0.3 is 0 Å². The molecule has 0 N–H and O–H groups in total. The fourth-order valence-electron chi connectivity index (χ4n) is 3.23. The first-order valence-electron chi connectivity index (χ1n) is 7.72. The van der Waals surface area contributed by atoms with E-state index in [2.05, 4.69) is 28.9 Å². The highest BCUT2D eigenvalue weighted by Gasteiger charge is 2.45. The third kappa shape index (κ3) is 3.61. The van der Waals surface area contributed by atoms with Crippen molar-refractivity contribution in [3.05, 3.63) is 30.1 Å². The molecule has 3 rings (SSSR count). The largest absolute Gasteiger partial charge is 0.379 e. The number of nitrogens with zero attached hydrogens (tertiary/aromatic N) is 3. The summed E-state index contributed by atoms with van der Waals surface area (Å²) in [6, 6.07) is 6.48. The molecule has 0 unspecified atom stereocenters. The summed E-state index contributed by atoms with van der Waals surface area (Å²) >= 11 is 0. The van der Waals surface area contributed by atoms with E-state index >= 15 is 0 Å². The van der Waals surface area contributed by atoms with Crippen LogP contribution in [0.5, 0.6) is 0 Å². The monoisotopic (exact) mass is 291 g/mol. The third-order valence-electron chi connectivity index (χ3n) is 4.46. The van der Waals surface area contributed by atoms with Gasteiger partial charge in [-0.25, -0.2) is 0 Å². The van der Waals surface area contributed by atoms with E-state index in [0.717, 1.165) is 38.5 Å². The fraction of sp³-hybridized carbons (Fsp3) is 0.688. The second kappa shape index (κ2) is 6.83. The van der Waals surface area contributed by atoms with Crippen molar-refractivity contribution in [1.29, 1.82) is 0 Å². The van der Waals surface area contributed by atoms with Crippen LogP contribution in [0.3, 0.4) is 0 Å². The average Bonchev–Trinajstić information content (AvgIpc) is 3.07. The van der Waals surface area contributed by atoms with Crippen LogP contribution in [0.1, 0.15) is 5.69 Å². The first kappa shape index (κ1) is 14.9. The van der Waals surface area contributed by atoms with E-state index < -0.39 is 0 Å². The van der Waals surface area contributed by atoms with Gasteiger partial charge in [0, 0.05) is 37.8 Å². The van der Waals surface area contributed by atoms with E-state index in [4.69, 9.17) is 9.47 Å². The highest BCUT2D eigenvalue weighted by Crippen LogP contribution is 2.32. The summed E-state index contributed by atoms with van der Waals surface area (Å²) in [4.78, 5) is 9.08. The van der Waals surface area contributed by atoms with Crippen molar-refractivity contribution in [3.8, 4) is 0 Å². The van der Waals surface area contributed by atoms with Crippen molar-refractivity contribution >= 4 is 0 Å². The molecule has 1 aromatic heterocycles. The Labute approximate surface area is 126 Å². The molecule has 0 amide bonds. The molecule has 1 aromatic rings. The van der Waals surface area contributed by atoms with Crippen LogP contribution >= 0.6 is 0 Å². The van der Waals surface area contributed by atoms with Crippen molar-refractivity contribution in [2.45, 2.75) is 18.8 Å². The fourth-order valence-corrected chi connectivity index (χ4v) is 3.23. The normalized spacial score (nSPS) is 29.2. The van der Waals surface area contributed by atoms with E-state index in [1.807, 2.05) is 24.4 Å². The number of fused-ring (bicyclic) bond motifs is 1. The Morgan fingerprint density at radius 3 is 3.05 bits per heavy atom. The van der Waals surface area contributed by atoms with Gasteiger partial charge < -0.3 is 14.4 Å². The van der Waals surface area contributed by atoms with Crippen molar-refractivity contribution in [2.24, 2.45) is 5.92 Å². The Morgan fingerprint density at radius 1 is 1.38 bits per heavy atom. The molecule has 0 radical (unpaired) electrons. The van der Waals surface area contributed by atoms with Gasteiger partial charge in [-0.2, -0.15) is 0 Å². The lowest BCUT2D eigenvalue weighted by molar-refractivity contribution is 0.00760. The van der Waals surface area contributed by atoms with Gasteiger partial charge in [0.05, 0.1) is 31.6 Å². The molecule has 0 aromatic carbocycles. The summed E-state index contributed by atoms with van der Waals surface area (Å²) in [6.45, 7) is 5.45. The molecule has 0 spiro atoms. The number of likely N-dealkylation sites (N-methyl/N-ethyl adjacent to an activating group) is 1. The van der Waals surface area contributed by atoms with Crippen LogP contribution in [0, 0.1) is 5.92 Å². The van der Waals surface area contributed by atoms with Gasteiger partial charge in [0.25, 0.3) is 0 Å². The van der Waals surface area contributed by atoms with Gasteiger partial charge in [0.2, 0.25) is 0 Å². The second-order valence-corrected chi connectivity index (χ2v) is 6.24. The minimum Gasteiger partial charge on any atom is -0.379 e. The van der Waals surface area contributed by atoms with E-state index in [1.165, 1.54) is 0 Å². The lowest BCUT2D eigenvalue weighted by atomic mass is 10.0. The summed E-state index contributed by atoms with van der Waals surface area (Å²) < 4.78 is 11.8. The van der Waals surface area contributed by atoms with Crippen molar-refractivity contribution < 1.29 is 9.47 Å². The van der Waals surface area contributed by atoms with Crippen LogP contribution in [0.2, 0.25) is 0 Å². The highest BCUT2D eigenvalue weighted by molar-refractivity contribution is 5.03. The second-order valence-electron chi connectivity index (χ2n) is 6.24. The van der Waals surface area contributed by atoms with Gasteiger partial charge in [-0.1, -0.05) is 6.07 Å². The SMILES string of the molecule is CN(C)CCN1C[C@@H](OCc2ccccn2)[C@@H]2COC[C@@H]21. The first-order chi connectivity index (χ1) is 10.2. The Kier molecular flexibility index (Phi) is 4.85. The van der Waals surface area contributed by atoms with Crippen LogP contribution in [0.15, 0.2) is 24.4 Å². The molecule has 3 atom stereocenters. The van der Waals surface area contributed by atoms with Gasteiger partial charge in [0.15, 0.2) is 0 Å². The predicted octanol–water partition coefficient (Wildman–Crippen LogP) is 0.859. The summed E-state index contributed by atoms with van der Waals surface area (Å²) in [6.07, 6.45) is 2.08. The smallest absolute Gasteiger partial charge is 0.0892 e. The Balaban J connectivity index is 1.56. The van der Waals surface area contributed by atoms with E-state index in [1.54, 1.807) is 0 Å². The number of pyridine rings is 1. The Bertz CT molecular complexity index is 440. The molecule has 3 heterocycles. The predicted molar refractivity (Wildman–Crippen MR) is 81.0 cm³/mol. The topological polar surface area (TPSA) is 37.8 Å². The maximum Gasteiger partial charge on any atom is 0.0892 e. The molecule has 2 saturated heterocycles. The Morgan fingerprint density at radius 2 is 2.29 bits per heavy atom. The first-order valence-corrected chi connectivity index (χ1v) is 7.72. The minimum absolute atomic E-state index is 0.265. The maximum absolute atomic E-state index is 6.14. The lowest BCUT2D eigenvalue weighted by Gasteiger charge is -2.23. The molecule has 0 aliphatic carbocycles. The summed E-state index contributed by atoms with van der Waals surface area (Å²) in [5.74, 6) is 0.510. The average molecular weight is 291 g/mol. The van der Waals surface area contributed by atoms with Crippen molar-refractivity contribution in [3.63, 3.8) is 0 Å². The highest BCUT2D eigenvalue weighted by atomic mass is 16.5. The zero-order chi connectivity index (χ0) is 14.7. The third-order valence-corrected chi connectivity index (χ3v) is 4.46. The number of hydrogen-bond donors (Lipinski definition) is 0. The number of hydrogen-bond acceptors (Lipinski definition) is 5. The van der Waals surface area contributed by atoms with Crippen LogP contribution in [0.25, 0.3) is 0 Å². The van der Waals surface area contributed by atoms with Crippen molar-refractivity contribution in [1.82, 2.24) is 14.8 Å². The number of likely N-dealkylation sites (tertiary alicyclic amines) is 1. The molecule has 116 valence electrons. The number of rotatable bonds is 6. The molecule has 0 bridgehead atoms. The van der Waals surface area contributed by atoms with Gasteiger partial charge in [-0.15, -0.1) is 0 Å². The molecular weight excluding hydrogens is 266 g/mol. The van der Waals surface area contributed by atoms with Crippen LogP contribution in [0.4, 0.5) is 0 Å². The molecule has 5 nitrogen and oxygen atoms in total. The molecule has 5 heteroatoms. The minimum atomic E-state index is 0.265. The van der Waals surface area contributed by atoms with Gasteiger partial charge in [0.1, 0.15) is 0 Å². The van der Waals surface area contributed by atoms with Crippen molar-refractivity contribution in [2.75, 3.05) is 46.9 Å². The molecule has 2 aliphatic heterocycles. The molecule has 0 saturated carbocycles. The van der Waals surface area contributed by atoms with Gasteiger partial charge in [-0.05, 0) is 26.2 Å². The number of ether oxygens (including phenoxy) is 2. The lowest BCUT2D eigenvalue weighted by Crippen LogP contribution is -2.37. The maximum atomic E-state index is 6.14. The quantitative estimate of drug-likeness (QED) is 0.777. The number of aromatic nitrogens is 1.